The Hall–Kier alpha value is -1.71. The summed E-state index contributed by atoms with van der Waals surface area (Å²) < 4.78 is 0. The Morgan fingerprint density at radius 2 is 1.28 bits per heavy atom. The van der Waals surface area contributed by atoms with Crippen molar-refractivity contribution >= 4 is 17.4 Å². The number of carboxylic acids is 1. The summed E-state index contributed by atoms with van der Waals surface area (Å²) in [6, 6.07) is 0. The van der Waals surface area contributed by atoms with Gasteiger partial charge in [0.15, 0.2) is 0 Å². The second kappa shape index (κ2) is 8.97. The van der Waals surface area contributed by atoms with Crippen LogP contribution < -0.4 is 0 Å². The first-order valence-electron chi connectivity index (χ1n) is 11.0. The molecule has 0 bridgehead atoms. The van der Waals surface area contributed by atoms with Gasteiger partial charge in [-0.05, 0) is 25.2 Å². The minimum Gasteiger partial charge on any atom is -0.478 e. The number of rotatable bonds is 6. The quantitative estimate of drug-likeness (QED) is 0.536. The van der Waals surface area contributed by atoms with Crippen LogP contribution in [0.25, 0.3) is 0 Å². The van der Waals surface area contributed by atoms with E-state index in [1.54, 1.807) is 0 Å². The Labute approximate surface area is 178 Å². The van der Waals surface area contributed by atoms with Gasteiger partial charge in [-0.25, -0.2) is 14.8 Å². The molecule has 1 aliphatic heterocycles. The fourth-order valence-electron chi connectivity index (χ4n) is 3.24. The monoisotopic (exact) mass is 402 g/mol. The summed E-state index contributed by atoms with van der Waals surface area (Å²) in [4.78, 5) is 21.6. The minimum atomic E-state index is -1.42. The summed E-state index contributed by atoms with van der Waals surface area (Å²) in [5.74, 6) is -0.230. The lowest BCUT2D eigenvalue weighted by molar-refractivity contribution is -0.146. The van der Waals surface area contributed by atoms with Crippen molar-refractivity contribution in [3.8, 4) is 0 Å². The van der Waals surface area contributed by atoms with Gasteiger partial charge in [0.2, 0.25) is 0 Å². The number of allylic oxidation sites excluding steroid dienone is 4. The molecule has 0 fully saturated rings. The van der Waals surface area contributed by atoms with E-state index in [-0.39, 0.29) is 10.8 Å². The number of aliphatic imine (C=N–C) groups is 2. The fourth-order valence-corrected chi connectivity index (χ4v) is 3.24. The zero-order chi connectivity index (χ0) is 22.7. The predicted octanol–water partition coefficient (Wildman–Crippen LogP) is 6.72. The summed E-state index contributed by atoms with van der Waals surface area (Å²) in [6.45, 7) is 20.6. The van der Waals surface area contributed by atoms with E-state index in [4.69, 9.17) is 9.98 Å². The van der Waals surface area contributed by atoms with Crippen LogP contribution in [0.1, 0.15) is 88.5 Å². The fraction of sp³-hybridized carbons (Fsp3) is 0.720. The largest absolute Gasteiger partial charge is 0.478 e. The molecule has 0 saturated carbocycles. The van der Waals surface area contributed by atoms with Gasteiger partial charge >= 0.3 is 5.97 Å². The second-order valence-corrected chi connectivity index (χ2v) is 10.5. The van der Waals surface area contributed by atoms with Crippen molar-refractivity contribution in [2.45, 2.75) is 94.2 Å². The van der Waals surface area contributed by atoms with Gasteiger partial charge in [0.25, 0.3) is 5.66 Å². The van der Waals surface area contributed by atoms with Crippen LogP contribution in [-0.2, 0) is 4.79 Å². The molecule has 0 amide bonds. The van der Waals surface area contributed by atoms with Gasteiger partial charge in [-0.2, -0.15) is 0 Å². The van der Waals surface area contributed by atoms with Crippen molar-refractivity contribution in [1.29, 1.82) is 0 Å². The topological polar surface area (TPSA) is 62.0 Å². The van der Waals surface area contributed by atoms with Crippen LogP contribution in [0.5, 0.6) is 0 Å². The van der Waals surface area contributed by atoms with Crippen molar-refractivity contribution in [2.24, 2.45) is 32.1 Å². The Bertz CT molecular complexity index is 672. The Balaban J connectivity index is 0.000000502. The van der Waals surface area contributed by atoms with Crippen LogP contribution >= 0.6 is 0 Å². The molecule has 1 aliphatic carbocycles. The molecule has 0 saturated heterocycles. The molecule has 2 rings (SSSR count). The van der Waals surface area contributed by atoms with Crippen LogP contribution in [-0.4, -0.2) is 28.2 Å². The van der Waals surface area contributed by atoms with E-state index in [9.17, 15) is 9.90 Å². The highest BCUT2D eigenvalue weighted by Gasteiger charge is 2.55. The highest BCUT2D eigenvalue weighted by atomic mass is 16.4. The first-order chi connectivity index (χ1) is 13.2. The average molecular weight is 403 g/mol. The average Bonchev–Trinajstić information content (AvgIpc) is 3.30. The van der Waals surface area contributed by atoms with E-state index < -0.39 is 17.0 Å². The maximum atomic E-state index is 12.1. The van der Waals surface area contributed by atoms with Gasteiger partial charge in [-0.3, -0.25) is 0 Å². The Morgan fingerprint density at radius 3 is 1.48 bits per heavy atom. The number of nitrogens with zero attached hydrogens (tertiary/aromatic N) is 2. The van der Waals surface area contributed by atoms with Crippen LogP contribution in [0, 0.1) is 22.2 Å². The molecule has 2 aliphatic rings. The van der Waals surface area contributed by atoms with Crippen molar-refractivity contribution < 1.29 is 9.90 Å². The van der Waals surface area contributed by atoms with Crippen LogP contribution in [0.15, 0.2) is 34.3 Å². The van der Waals surface area contributed by atoms with Crippen LogP contribution in [0.3, 0.4) is 0 Å². The highest BCUT2D eigenvalue weighted by molar-refractivity contribution is 6.47. The van der Waals surface area contributed by atoms with E-state index in [2.05, 4.69) is 72.8 Å². The molecule has 0 spiro atoms. The third-order valence-electron chi connectivity index (χ3n) is 6.46. The maximum absolute atomic E-state index is 12.1. The van der Waals surface area contributed by atoms with Crippen LogP contribution in [0.2, 0.25) is 0 Å². The molecular weight excluding hydrogens is 360 g/mol. The smallest absolute Gasteiger partial charge is 0.354 e. The zero-order valence-electron chi connectivity index (χ0n) is 20.3. The first kappa shape index (κ1) is 25.3. The molecular formula is C25H42N2O2. The van der Waals surface area contributed by atoms with Crippen molar-refractivity contribution in [3.05, 3.63) is 24.3 Å². The van der Waals surface area contributed by atoms with Gasteiger partial charge in [0, 0.05) is 16.2 Å². The molecule has 0 atom stereocenters. The standard InChI is InChI=1S/C18H32N2O2.C7H10/c1-10-16(6,7)12-13(17(8,9)11-2)20-18(19-12,14(21)22)15(3,4)5;1-2-7-5-3-4-6-7/h10-11H2,1-9H3,(H,21,22);3-7H,2H2,1H3. The summed E-state index contributed by atoms with van der Waals surface area (Å²) >= 11 is 0. The first-order valence-corrected chi connectivity index (χ1v) is 11.0. The third-order valence-corrected chi connectivity index (χ3v) is 6.46. The molecule has 1 heterocycles. The van der Waals surface area contributed by atoms with Gasteiger partial charge in [-0.15, -0.1) is 0 Å². The maximum Gasteiger partial charge on any atom is 0.354 e. The second-order valence-electron chi connectivity index (χ2n) is 10.5. The molecule has 1 N–H and O–H groups in total. The summed E-state index contributed by atoms with van der Waals surface area (Å²) in [6.07, 6.45) is 11.7. The molecule has 0 radical (unpaired) electrons. The van der Waals surface area contributed by atoms with E-state index >= 15 is 0 Å². The lowest BCUT2D eigenvalue weighted by Gasteiger charge is -2.32. The summed E-state index contributed by atoms with van der Waals surface area (Å²) in [5.41, 5.74) is -0.657. The van der Waals surface area contributed by atoms with E-state index in [1.165, 1.54) is 6.42 Å². The van der Waals surface area contributed by atoms with Crippen molar-refractivity contribution in [1.82, 2.24) is 0 Å². The minimum absolute atomic E-state index is 0.187. The summed E-state index contributed by atoms with van der Waals surface area (Å²) in [5, 5.41) is 9.90. The Morgan fingerprint density at radius 1 is 0.897 bits per heavy atom. The molecule has 0 aromatic rings. The van der Waals surface area contributed by atoms with Crippen LogP contribution in [0.4, 0.5) is 0 Å². The summed E-state index contributed by atoms with van der Waals surface area (Å²) in [7, 11) is 0. The molecule has 164 valence electrons. The van der Waals surface area contributed by atoms with Crippen molar-refractivity contribution in [2.75, 3.05) is 0 Å². The molecule has 0 aromatic carbocycles. The van der Waals surface area contributed by atoms with Crippen molar-refractivity contribution in [3.63, 3.8) is 0 Å². The van der Waals surface area contributed by atoms with E-state index in [0.717, 1.165) is 30.2 Å². The number of aliphatic carboxylic acids is 1. The number of carboxylic acid groups (broad SMARTS) is 1. The van der Waals surface area contributed by atoms with Gasteiger partial charge in [0.1, 0.15) is 0 Å². The van der Waals surface area contributed by atoms with Gasteiger partial charge in [0.05, 0.1) is 11.4 Å². The molecule has 4 heteroatoms. The highest BCUT2D eigenvalue weighted by Crippen LogP contribution is 2.45. The molecule has 0 aromatic heterocycles. The normalized spacial score (nSPS) is 19.0. The lowest BCUT2D eigenvalue weighted by Crippen LogP contribution is -2.46. The number of hydrogen-bond acceptors (Lipinski definition) is 3. The Kier molecular flexibility index (Phi) is 7.84. The third kappa shape index (κ3) is 5.26. The van der Waals surface area contributed by atoms with Gasteiger partial charge in [-0.1, -0.05) is 93.5 Å². The number of carbonyl (C=O) groups is 1. The van der Waals surface area contributed by atoms with E-state index in [0.29, 0.717) is 0 Å². The SMILES string of the molecule is CCC(C)(C)C1=NC(C(=O)O)(C(C)(C)C)N=C1C(C)(C)CC.CCC1C=CC=C1. The zero-order valence-corrected chi connectivity index (χ0v) is 20.3. The molecule has 4 nitrogen and oxygen atoms in total. The predicted molar refractivity (Wildman–Crippen MR) is 125 cm³/mol. The molecule has 29 heavy (non-hydrogen) atoms. The van der Waals surface area contributed by atoms with Gasteiger partial charge < -0.3 is 5.11 Å². The molecule has 0 unspecified atom stereocenters. The lowest BCUT2D eigenvalue weighted by atomic mass is 9.73. The van der Waals surface area contributed by atoms with E-state index in [1.807, 2.05) is 20.8 Å². The number of hydrogen-bond donors (Lipinski definition) is 1.